The molecule has 0 aromatic heterocycles. The maximum atomic E-state index is 12.8. The van der Waals surface area contributed by atoms with Gasteiger partial charge >= 0.3 is 10.2 Å². The van der Waals surface area contributed by atoms with Crippen molar-refractivity contribution in [1.29, 1.82) is 0 Å². The predicted molar refractivity (Wildman–Crippen MR) is 111 cm³/mol. The number of benzene rings is 2. The summed E-state index contributed by atoms with van der Waals surface area (Å²) < 4.78 is 33.3. The van der Waals surface area contributed by atoms with Gasteiger partial charge in [0.15, 0.2) is 0 Å². The molecule has 0 unspecified atom stereocenters. The van der Waals surface area contributed by atoms with E-state index in [1.807, 2.05) is 56.3 Å². The Morgan fingerprint density at radius 2 is 1.75 bits per heavy atom. The lowest BCUT2D eigenvalue weighted by atomic mass is 10.1. The van der Waals surface area contributed by atoms with Crippen molar-refractivity contribution in [3.63, 3.8) is 0 Å². The van der Waals surface area contributed by atoms with E-state index in [0.29, 0.717) is 18.0 Å². The van der Waals surface area contributed by atoms with Crippen LogP contribution < -0.4 is 14.4 Å². The highest BCUT2D eigenvalue weighted by atomic mass is 32.2. The molecule has 1 amide bonds. The zero-order valence-electron chi connectivity index (χ0n) is 16.7. The monoisotopic (exact) mass is 405 g/mol. The Labute approximate surface area is 167 Å². The summed E-state index contributed by atoms with van der Waals surface area (Å²) in [5, 5.41) is 2.71. The third-order valence-electron chi connectivity index (χ3n) is 4.10. The third-order valence-corrected chi connectivity index (χ3v) is 5.90. The molecule has 0 aliphatic rings. The Balaban J connectivity index is 2.05. The molecule has 152 valence electrons. The Kier molecular flexibility index (Phi) is 7.42. The summed E-state index contributed by atoms with van der Waals surface area (Å²) in [6.45, 7) is 3.95. The molecule has 0 spiro atoms. The van der Waals surface area contributed by atoms with Crippen molar-refractivity contribution in [1.82, 2.24) is 9.62 Å². The van der Waals surface area contributed by atoms with Crippen LogP contribution in [0.4, 0.5) is 5.69 Å². The van der Waals surface area contributed by atoms with Crippen LogP contribution in [0, 0.1) is 13.8 Å². The Hall–Kier alpha value is -2.58. The van der Waals surface area contributed by atoms with Gasteiger partial charge in [-0.15, -0.1) is 0 Å². The molecular formula is C20H27N3O4S. The number of aryl methyl sites for hydroxylation is 2. The standard InChI is InChI=1S/C20H27N3O4S/c1-16-10-11-17(2)19(14-16)23(28(25,26)22(3)4)15-20(24)21-12-13-27-18-8-6-5-7-9-18/h5-11,14H,12-13,15H2,1-4H3,(H,21,24). The Morgan fingerprint density at radius 3 is 2.39 bits per heavy atom. The smallest absolute Gasteiger partial charge is 0.304 e. The summed E-state index contributed by atoms with van der Waals surface area (Å²) in [4.78, 5) is 12.4. The molecule has 28 heavy (non-hydrogen) atoms. The second kappa shape index (κ2) is 9.57. The van der Waals surface area contributed by atoms with Gasteiger partial charge in [0.05, 0.1) is 12.2 Å². The van der Waals surface area contributed by atoms with E-state index >= 15 is 0 Å². The van der Waals surface area contributed by atoms with Crippen LogP contribution in [-0.4, -0.2) is 52.4 Å². The number of nitrogens with one attached hydrogen (secondary N) is 1. The maximum absolute atomic E-state index is 12.8. The summed E-state index contributed by atoms with van der Waals surface area (Å²) in [5.41, 5.74) is 2.18. The van der Waals surface area contributed by atoms with Crippen LogP contribution in [0.3, 0.4) is 0 Å². The molecule has 8 heteroatoms. The zero-order valence-corrected chi connectivity index (χ0v) is 17.5. The number of carbonyl (C=O) groups excluding carboxylic acids is 1. The van der Waals surface area contributed by atoms with Crippen molar-refractivity contribution >= 4 is 21.8 Å². The summed E-state index contributed by atoms with van der Waals surface area (Å²) >= 11 is 0. The summed E-state index contributed by atoms with van der Waals surface area (Å²) in [7, 11) is -0.938. The molecule has 0 radical (unpaired) electrons. The van der Waals surface area contributed by atoms with Crippen molar-refractivity contribution in [3.05, 3.63) is 59.7 Å². The predicted octanol–water partition coefficient (Wildman–Crippen LogP) is 2.11. The van der Waals surface area contributed by atoms with Gasteiger partial charge in [0.2, 0.25) is 5.91 Å². The number of ether oxygens (including phenoxy) is 1. The first kappa shape index (κ1) is 21.7. The molecule has 2 aromatic carbocycles. The minimum absolute atomic E-state index is 0.274. The van der Waals surface area contributed by atoms with E-state index in [1.54, 1.807) is 6.07 Å². The lowest BCUT2D eigenvalue weighted by Gasteiger charge is -2.28. The number of para-hydroxylation sites is 1. The van der Waals surface area contributed by atoms with Gasteiger partial charge in [0, 0.05) is 14.1 Å². The van der Waals surface area contributed by atoms with E-state index in [-0.39, 0.29) is 13.1 Å². The molecule has 0 aliphatic heterocycles. The van der Waals surface area contributed by atoms with Gasteiger partial charge in [-0.05, 0) is 43.2 Å². The van der Waals surface area contributed by atoms with E-state index in [2.05, 4.69) is 5.32 Å². The molecular weight excluding hydrogens is 378 g/mol. The quantitative estimate of drug-likeness (QED) is 0.648. The van der Waals surface area contributed by atoms with Crippen LogP contribution in [0.15, 0.2) is 48.5 Å². The highest BCUT2D eigenvalue weighted by molar-refractivity contribution is 7.90. The van der Waals surface area contributed by atoms with E-state index in [0.717, 1.165) is 19.7 Å². The number of anilines is 1. The fourth-order valence-electron chi connectivity index (χ4n) is 2.54. The van der Waals surface area contributed by atoms with E-state index in [4.69, 9.17) is 4.74 Å². The topological polar surface area (TPSA) is 79.0 Å². The van der Waals surface area contributed by atoms with Crippen LogP contribution in [0.25, 0.3) is 0 Å². The normalized spacial score (nSPS) is 11.3. The maximum Gasteiger partial charge on any atom is 0.304 e. The first-order valence-electron chi connectivity index (χ1n) is 8.94. The van der Waals surface area contributed by atoms with Gasteiger partial charge < -0.3 is 10.1 Å². The minimum atomic E-state index is -3.83. The first-order valence-corrected chi connectivity index (χ1v) is 10.3. The lowest BCUT2D eigenvalue weighted by Crippen LogP contribution is -2.46. The zero-order chi connectivity index (χ0) is 20.7. The average molecular weight is 406 g/mol. The Morgan fingerprint density at radius 1 is 1.07 bits per heavy atom. The summed E-state index contributed by atoms with van der Waals surface area (Å²) in [6, 6.07) is 14.8. The number of hydrogen-bond donors (Lipinski definition) is 1. The highest BCUT2D eigenvalue weighted by Gasteiger charge is 2.28. The van der Waals surface area contributed by atoms with Crippen LogP contribution in [0.2, 0.25) is 0 Å². The second-order valence-electron chi connectivity index (χ2n) is 6.60. The molecule has 0 atom stereocenters. The average Bonchev–Trinajstić information content (AvgIpc) is 2.66. The fourth-order valence-corrected chi connectivity index (χ4v) is 3.66. The van der Waals surface area contributed by atoms with Gasteiger partial charge in [-0.25, -0.2) is 4.31 Å². The van der Waals surface area contributed by atoms with Gasteiger partial charge in [-0.3, -0.25) is 4.79 Å². The van der Waals surface area contributed by atoms with Gasteiger partial charge in [-0.2, -0.15) is 12.7 Å². The molecule has 7 nitrogen and oxygen atoms in total. The highest BCUT2D eigenvalue weighted by Crippen LogP contribution is 2.25. The van der Waals surface area contributed by atoms with Gasteiger partial charge in [0.1, 0.15) is 18.9 Å². The SMILES string of the molecule is Cc1ccc(C)c(N(CC(=O)NCCOc2ccccc2)S(=O)(=O)N(C)C)c1. The number of nitrogens with zero attached hydrogens (tertiary/aromatic N) is 2. The third kappa shape index (κ3) is 5.71. The molecule has 1 N–H and O–H groups in total. The van der Waals surface area contributed by atoms with Crippen LogP contribution in [0.1, 0.15) is 11.1 Å². The van der Waals surface area contributed by atoms with Crippen molar-refractivity contribution in [2.75, 3.05) is 38.1 Å². The first-order chi connectivity index (χ1) is 13.2. The second-order valence-corrected chi connectivity index (χ2v) is 8.66. The number of hydrogen-bond acceptors (Lipinski definition) is 4. The van der Waals surface area contributed by atoms with Crippen molar-refractivity contribution in [2.45, 2.75) is 13.8 Å². The van der Waals surface area contributed by atoms with Gasteiger partial charge in [0.25, 0.3) is 0 Å². The van der Waals surface area contributed by atoms with Crippen molar-refractivity contribution in [2.24, 2.45) is 0 Å². The largest absolute Gasteiger partial charge is 0.492 e. The summed E-state index contributed by atoms with van der Waals surface area (Å²) in [5.74, 6) is 0.312. The van der Waals surface area contributed by atoms with Crippen LogP contribution in [0.5, 0.6) is 5.75 Å². The fraction of sp³-hybridized carbons (Fsp3) is 0.350. The number of amides is 1. The van der Waals surface area contributed by atoms with E-state index in [9.17, 15) is 13.2 Å². The van der Waals surface area contributed by atoms with Crippen molar-refractivity contribution < 1.29 is 17.9 Å². The summed E-state index contributed by atoms with van der Waals surface area (Å²) in [6.07, 6.45) is 0. The molecule has 0 saturated carbocycles. The van der Waals surface area contributed by atoms with Crippen molar-refractivity contribution in [3.8, 4) is 5.75 Å². The molecule has 0 aliphatic carbocycles. The van der Waals surface area contributed by atoms with Crippen LogP contribution >= 0.6 is 0 Å². The molecule has 0 fully saturated rings. The van der Waals surface area contributed by atoms with Gasteiger partial charge in [-0.1, -0.05) is 30.3 Å². The molecule has 2 aromatic rings. The number of rotatable bonds is 9. The lowest BCUT2D eigenvalue weighted by molar-refractivity contribution is -0.119. The minimum Gasteiger partial charge on any atom is -0.492 e. The molecule has 0 heterocycles. The molecule has 0 bridgehead atoms. The van der Waals surface area contributed by atoms with E-state index in [1.165, 1.54) is 14.1 Å². The van der Waals surface area contributed by atoms with Crippen LogP contribution in [-0.2, 0) is 15.0 Å². The molecule has 0 saturated heterocycles. The van der Waals surface area contributed by atoms with E-state index < -0.39 is 16.1 Å². The molecule has 2 rings (SSSR count). The Bertz CT molecular complexity index is 899. The number of carbonyl (C=O) groups is 1.